The highest BCUT2D eigenvalue weighted by Gasteiger charge is 2.32. The summed E-state index contributed by atoms with van der Waals surface area (Å²) in [6.07, 6.45) is -1.75. The molecule has 9 heteroatoms. The second-order valence-corrected chi connectivity index (χ2v) is 7.79. The topological polar surface area (TPSA) is 68.0 Å². The number of alkyl halides is 3. The van der Waals surface area contributed by atoms with E-state index in [2.05, 4.69) is 10.3 Å². The van der Waals surface area contributed by atoms with Gasteiger partial charge in [-0.3, -0.25) is 4.79 Å². The number of nitrogens with zero attached hydrogens (tertiary/aromatic N) is 1. The van der Waals surface area contributed by atoms with Crippen LogP contribution in [-0.2, 0) is 17.4 Å². The summed E-state index contributed by atoms with van der Waals surface area (Å²) in [7, 11) is 0. The summed E-state index contributed by atoms with van der Waals surface area (Å²) in [5.74, 6) is 0.132. The number of hydrogen-bond donors (Lipinski definition) is 2. The van der Waals surface area contributed by atoms with E-state index in [4.69, 9.17) is 5.73 Å². The largest absolute Gasteiger partial charge is 0.416 e. The van der Waals surface area contributed by atoms with E-state index in [-0.39, 0.29) is 30.8 Å². The number of anilines is 1. The molecule has 1 aromatic carbocycles. The van der Waals surface area contributed by atoms with Gasteiger partial charge in [-0.05, 0) is 31.4 Å². The zero-order valence-corrected chi connectivity index (χ0v) is 16.3. The summed E-state index contributed by atoms with van der Waals surface area (Å²) >= 11 is 1.33. The lowest BCUT2D eigenvalue weighted by molar-refractivity contribution is -0.137. The summed E-state index contributed by atoms with van der Waals surface area (Å²) < 4.78 is 38.7. The minimum atomic E-state index is -4.36. The molecule has 1 atom stereocenters. The number of nitrogens with two attached hydrogens (primary N) is 1. The van der Waals surface area contributed by atoms with Crippen molar-refractivity contribution in [2.45, 2.75) is 50.7 Å². The van der Waals surface area contributed by atoms with Gasteiger partial charge in [-0.25, -0.2) is 4.98 Å². The van der Waals surface area contributed by atoms with Crippen LogP contribution in [0.5, 0.6) is 0 Å². The van der Waals surface area contributed by atoms with Crippen molar-refractivity contribution < 1.29 is 18.0 Å². The zero-order valence-electron chi connectivity index (χ0n) is 14.7. The van der Waals surface area contributed by atoms with Crippen LogP contribution in [0.2, 0.25) is 0 Å². The molecule has 1 heterocycles. The Kier molecular flexibility index (Phi) is 6.88. The van der Waals surface area contributed by atoms with Gasteiger partial charge < -0.3 is 11.1 Å². The average molecular weight is 420 g/mol. The third-order valence-electron chi connectivity index (χ3n) is 4.06. The van der Waals surface area contributed by atoms with Crippen molar-refractivity contribution in [2.24, 2.45) is 5.73 Å². The van der Waals surface area contributed by atoms with Crippen molar-refractivity contribution in [3.8, 4) is 0 Å². The van der Waals surface area contributed by atoms with E-state index >= 15 is 0 Å². The highest BCUT2D eigenvalue weighted by atomic mass is 35.5. The molecular weight excluding hydrogens is 399 g/mol. The Morgan fingerprint density at radius 3 is 2.70 bits per heavy atom. The molecule has 2 aromatic rings. The molecule has 27 heavy (non-hydrogen) atoms. The molecule has 1 aliphatic carbocycles. The van der Waals surface area contributed by atoms with Gasteiger partial charge in [0.15, 0.2) is 5.13 Å². The fraction of sp³-hybridized carbons (Fsp3) is 0.444. The van der Waals surface area contributed by atoms with Crippen LogP contribution in [0.1, 0.15) is 53.8 Å². The predicted molar refractivity (Wildman–Crippen MR) is 102 cm³/mol. The van der Waals surface area contributed by atoms with Gasteiger partial charge in [0.25, 0.3) is 0 Å². The number of carbonyl (C=O) groups excluding carboxylic acids is 1. The van der Waals surface area contributed by atoms with Crippen molar-refractivity contribution in [2.75, 3.05) is 5.32 Å². The van der Waals surface area contributed by atoms with Crippen LogP contribution >= 0.6 is 23.7 Å². The van der Waals surface area contributed by atoms with Crippen LogP contribution in [-0.4, -0.2) is 16.9 Å². The van der Waals surface area contributed by atoms with E-state index in [0.29, 0.717) is 23.0 Å². The second kappa shape index (κ2) is 8.58. The fourth-order valence-electron chi connectivity index (χ4n) is 2.73. The third-order valence-corrected chi connectivity index (χ3v) is 5.05. The van der Waals surface area contributed by atoms with Crippen molar-refractivity contribution in [1.82, 2.24) is 4.98 Å². The molecule has 0 radical (unpaired) electrons. The zero-order chi connectivity index (χ0) is 18.9. The summed E-state index contributed by atoms with van der Waals surface area (Å²) in [6.45, 7) is 1.75. The van der Waals surface area contributed by atoms with Crippen LogP contribution in [0.3, 0.4) is 0 Å². The molecule has 1 fully saturated rings. The molecule has 1 aliphatic rings. The van der Waals surface area contributed by atoms with E-state index < -0.39 is 11.7 Å². The van der Waals surface area contributed by atoms with Crippen LogP contribution in [0.15, 0.2) is 24.3 Å². The van der Waals surface area contributed by atoms with Crippen molar-refractivity contribution >= 4 is 34.8 Å². The van der Waals surface area contributed by atoms with E-state index in [1.54, 1.807) is 13.0 Å². The Balaban J connectivity index is 0.00000261. The van der Waals surface area contributed by atoms with Crippen molar-refractivity contribution in [1.29, 1.82) is 0 Å². The Morgan fingerprint density at radius 2 is 2.11 bits per heavy atom. The van der Waals surface area contributed by atoms with Crippen LogP contribution < -0.4 is 11.1 Å². The number of nitrogens with one attached hydrogen (secondary N) is 1. The molecule has 1 aromatic heterocycles. The summed E-state index contributed by atoms with van der Waals surface area (Å²) in [6, 6.07) is 5.09. The lowest BCUT2D eigenvalue weighted by atomic mass is 10.1. The van der Waals surface area contributed by atoms with Gasteiger partial charge in [0.1, 0.15) is 0 Å². The van der Waals surface area contributed by atoms with Crippen LogP contribution in [0.4, 0.5) is 18.3 Å². The number of carbonyl (C=O) groups is 1. The van der Waals surface area contributed by atoms with Gasteiger partial charge in [-0.2, -0.15) is 13.2 Å². The number of thiazole rings is 1. The number of amides is 1. The van der Waals surface area contributed by atoms with E-state index in [0.717, 1.165) is 29.5 Å². The van der Waals surface area contributed by atoms with Crippen LogP contribution in [0, 0.1) is 0 Å². The standard InChI is InChI=1S/C18H20F3N3OS.ClH/c1-10(22)7-15(25)23-17-24-16(12-5-6-12)14(26-17)9-11-3-2-4-13(8-11)18(19,20)21;/h2-4,8,10,12H,5-7,9,22H2,1H3,(H,23,24,25);1H. The first-order chi connectivity index (χ1) is 12.2. The molecule has 0 spiro atoms. The first kappa shape index (κ1) is 21.7. The van der Waals surface area contributed by atoms with Crippen molar-refractivity contribution in [3.63, 3.8) is 0 Å². The molecule has 0 aliphatic heterocycles. The Bertz CT molecular complexity index is 803. The molecule has 1 saturated carbocycles. The molecule has 0 bridgehead atoms. The molecule has 148 valence electrons. The van der Waals surface area contributed by atoms with E-state index in [1.165, 1.54) is 23.5 Å². The van der Waals surface area contributed by atoms with Crippen molar-refractivity contribution in [3.05, 3.63) is 46.0 Å². The lowest BCUT2D eigenvalue weighted by Gasteiger charge is -2.08. The monoisotopic (exact) mass is 419 g/mol. The molecule has 0 saturated heterocycles. The maximum absolute atomic E-state index is 12.9. The van der Waals surface area contributed by atoms with E-state index in [1.807, 2.05) is 0 Å². The second-order valence-electron chi connectivity index (χ2n) is 6.71. The Hall–Kier alpha value is -1.64. The van der Waals surface area contributed by atoms with Gasteiger partial charge in [0.2, 0.25) is 5.91 Å². The Labute approximate surface area is 165 Å². The molecule has 4 nitrogen and oxygen atoms in total. The highest BCUT2D eigenvalue weighted by molar-refractivity contribution is 7.15. The number of rotatable bonds is 6. The van der Waals surface area contributed by atoms with E-state index in [9.17, 15) is 18.0 Å². The fourth-order valence-corrected chi connectivity index (χ4v) is 3.82. The SMILES string of the molecule is CC(N)CC(=O)Nc1nc(C2CC2)c(Cc2cccc(C(F)(F)F)c2)s1.Cl. The average Bonchev–Trinajstić information content (AvgIpc) is 3.29. The first-order valence-electron chi connectivity index (χ1n) is 8.43. The number of hydrogen-bond acceptors (Lipinski definition) is 4. The third kappa shape index (κ3) is 5.92. The highest BCUT2D eigenvalue weighted by Crippen LogP contribution is 2.44. The first-order valence-corrected chi connectivity index (χ1v) is 9.25. The molecule has 1 unspecified atom stereocenters. The summed E-state index contributed by atoms with van der Waals surface area (Å²) in [5, 5.41) is 3.23. The quantitative estimate of drug-likeness (QED) is 0.711. The summed E-state index contributed by atoms with van der Waals surface area (Å²) in [4.78, 5) is 17.3. The molecule has 1 amide bonds. The van der Waals surface area contributed by atoms with Gasteiger partial charge in [-0.1, -0.05) is 18.2 Å². The smallest absolute Gasteiger partial charge is 0.327 e. The number of aromatic nitrogens is 1. The lowest BCUT2D eigenvalue weighted by Crippen LogP contribution is -2.23. The molecular formula is C18H21ClF3N3OS. The van der Waals surface area contributed by atoms with Crippen LogP contribution in [0.25, 0.3) is 0 Å². The Morgan fingerprint density at radius 1 is 1.41 bits per heavy atom. The summed E-state index contributed by atoms with van der Waals surface area (Å²) in [5.41, 5.74) is 6.44. The van der Waals surface area contributed by atoms with Gasteiger partial charge in [-0.15, -0.1) is 23.7 Å². The minimum absolute atomic E-state index is 0. The maximum Gasteiger partial charge on any atom is 0.416 e. The van der Waals surface area contributed by atoms with Gasteiger partial charge >= 0.3 is 6.18 Å². The number of benzene rings is 1. The number of halogens is 4. The maximum atomic E-state index is 12.9. The predicted octanol–water partition coefficient (Wildman–Crippen LogP) is 4.73. The van der Waals surface area contributed by atoms with Gasteiger partial charge in [0, 0.05) is 29.7 Å². The van der Waals surface area contributed by atoms with Gasteiger partial charge in [0.05, 0.1) is 11.3 Å². The normalized spacial score (nSPS) is 15.1. The molecule has 3 N–H and O–H groups in total. The minimum Gasteiger partial charge on any atom is -0.327 e. The molecule has 3 rings (SSSR count).